The zero-order chi connectivity index (χ0) is 18.5. The molecule has 0 spiro atoms. The molecule has 0 saturated heterocycles. The van der Waals surface area contributed by atoms with Crippen LogP contribution in [-0.4, -0.2) is 22.8 Å². The van der Waals surface area contributed by atoms with Gasteiger partial charge in [0.2, 0.25) is 0 Å². The third-order valence-electron chi connectivity index (χ3n) is 3.99. The van der Waals surface area contributed by atoms with Gasteiger partial charge in [0.15, 0.2) is 0 Å². The molecular weight excluding hydrogens is 330 g/mol. The number of aryl methyl sites for hydroxylation is 1. The maximum atomic E-state index is 12.5. The number of hydrogen-bond acceptors (Lipinski definition) is 4. The molecule has 132 valence electrons. The zero-order valence-corrected chi connectivity index (χ0v) is 14.6. The second-order valence-corrected chi connectivity index (χ2v) is 5.77. The highest BCUT2D eigenvalue weighted by Gasteiger charge is 2.15. The van der Waals surface area contributed by atoms with E-state index in [1.54, 1.807) is 19.2 Å². The zero-order valence-electron chi connectivity index (χ0n) is 14.6. The number of ether oxygens (including phenoxy) is 1. The van der Waals surface area contributed by atoms with E-state index in [0.29, 0.717) is 12.2 Å². The van der Waals surface area contributed by atoms with Crippen LogP contribution in [0, 0.1) is 0 Å². The predicted molar refractivity (Wildman–Crippen MR) is 99.1 cm³/mol. The van der Waals surface area contributed by atoms with Crippen LogP contribution in [0.1, 0.15) is 15.9 Å². The van der Waals surface area contributed by atoms with Crippen molar-refractivity contribution in [3.63, 3.8) is 0 Å². The molecule has 26 heavy (non-hydrogen) atoms. The molecule has 6 heteroatoms. The summed E-state index contributed by atoms with van der Waals surface area (Å²) in [5.74, 6) is 0.297. The molecule has 0 bridgehead atoms. The van der Waals surface area contributed by atoms with Crippen LogP contribution < -0.4 is 15.6 Å². The number of benzene rings is 2. The highest BCUT2D eigenvalue weighted by molar-refractivity contribution is 5.94. The number of rotatable bonds is 5. The van der Waals surface area contributed by atoms with Gasteiger partial charge in [0, 0.05) is 19.2 Å². The first-order valence-corrected chi connectivity index (χ1v) is 8.13. The Labute approximate surface area is 151 Å². The molecule has 0 atom stereocenters. The Morgan fingerprint density at radius 2 is 1.81 bits per heavy atom. The van der Waals surface area contributed by atoms with Crippen molar-refractivity contribution < 1.29 is 9.53 Å². The van der Waals surface area contributed by atoms with Gasteiger partial charge in [0.1, 0.15) is 11.3 Å². The van der Waals surface area contributed by atoms with Crippen molar-refractivity contribution in [1.82, 2.24) is 15.1 Å². The van der Waals surface area contributed by atoms with E-state index in [0.717, 1.165) is 16.9 Å². The fourth-order valence-corrected chi connectivity index (χ4v) is 2.55. The third kappa shape index (κ3) is 3.80. The summed E-state index contributed by atoms with van der Waals surface area (Å²) in [7, 11) is 3.12. The number of methoxy groups -OCH3 is 1. The monoisotopic (exact) mass is 349 g/mol. The van der Waals surface area contributed by atoms with Gasteiger partial charge in [-0.3, -0.25) is 9.59 Å². The lowest BCUT2D eigenvalue weighted by Crippen LogP contribution is -2.33. The van der Waals surface area contributed by atoms with Gasteiger partial charge in [-0.15, -0.1) is 0 Å². The Bertz CT molecular complexity index is 964. The molecule has 2 aromatic carbocycles. The summed E-state index contributed by atoms with van der Waals surface area (Å²) in [6.07, 6.45) is 0. The molecule has 0 aliphatic rings. The topological polar surface area (TPSA) is 73.2 Å². The van der Waals surface area contributed by atoms with E-state index >= 15 is 0 Å². The molecule has 0 aliphatic heterocycles. The molecule has 3 aromatic rings. The van der Waals surface area contributed by atoms with Crippen LogP contribution in [-0.2, 0) is 13.6 Å². The Kier molecular flexibility index (Phi) is 5.12. The summed E-state index contributed by atoms with van der Waals surface area (Å²) in [5, 5.41) is 7.02. The lowest BCUT2D eigenvalue weighted by atomic mass is 10.1. The van der Waals surface area contributed by atoms with E-state index < -0.39 is 11.5 Å². The second kappa shape index (κ2) is 7.65. The summed E-state index contributed by atoms with van der Waals surface area (Å²) in [6, 6.07) is 18.3. The first-order valence-electron chi connectivity index (χ1n) is 8.13. The Hall–Kier alpha value is -3.41. The molecule has 0 saturated carbocycles. The van der Waals surface area contributed by atoms with Crippen LogP contribution in [0.3, 0.4) is 0 Å². The average Bonchev–Trinajstić information content (AvgIpc) is 2.69. The Balaban J connectivity index is 1.87. The number of aromatic nitrogens is 2. The SMILES string of the molecule is COc1ccc(-c2cc(C(=O)NCc3ccccc3)c(=O)n(C)n2)cc1. The van der Waals surface area contributed by atoms with Crippen LogP contribution in [0.15, 0.2) is 65.5 Å². The average molecular weight is 349 g/mol. The van der Waals surface area contributed by atoms with Crippen LogP contribution in [0.4, 0.5) is 0 Å². The van der Waals surface area contributed by atoms with E-state index in [-0.39, 0.29) is 5.56 Å². The molecule has 1 heterocycles. The molecule has 0 aliphatic carbocycles. The molecule has 0 unspecified atom stereocenters. The van der Waals surface area contributed by atoms with E-state index in [9.17, 15) is 9.59 Å². The minimum absolute atomic E-state index is 0.0595. The van der Waals surface area contributed by atoms with E-state index in [4.69, 9.17) is 4.74 Å². The summed E-state index contributed by atoms with van der Waals surface area (Å²) in [5.41, 5.74) is 1.91. The first-order chi connectivity index (χ1) is 12.6. The van der Waals surface area contributed by atoms with Crippen LogP contribution in [0.25, 0.3) is 11.3 Å². The van der Waals surface area contributed by atoms with Crippen LogP contribution in [0.2, 0.25) is 0 Å². The van der Waals surface area contributed by atoms with Crippen LogP contribution in [0.5, 0.6) is 5.75 Å². The molecule has 1 aromatic heterocycles. The van der Waals surface area contributed by atoms with Crippen molar-refractivity contribution in [2.75, 3.05) is 7.11 Å². The van der Waals surface area contributed by atoms with Gasteiger partial charge in [-0.05, 0) is 35.9 Å². The molecular formula is C20H19N3O3. The molecule has 1 N–H and O–H groups in total. The van der Waals surface area contributed by atoms with Gasteiger partial charge in [-0.1, -0.05) is 30.3 Å². The molecule has 0 fully saturated rings. The lowest BCUT2D eigenvalue weighted by molar-refractivity contribution is 0.0948. The van der Waals surface area contributed by atoms with Crippen molar-refractivity contribution in [3.8, 4) is 17.0 Å². The third-order valence-corrected chi connectivity index (χ3v) is 3.99. The number of carbonyl (C=O) groups excluding carboxylic acids is 1. The maximum Gasteiger partial charge on any atom is 0.279 e. The van der Waals surface area contributed by atoms with E-state index in [2.05, 4.69) is 10.4 Å². The Morgan fingerprint density at radius 1 is 1.12 bits per heavy atom. The minimum atomic E-state index is -0.437. The van der Waals surface area contributed by atoms with E-state index in [1.807, 2.05) is 42.5 Å². The predicted octanol–water partition coefficient (Wildman–Crippen LogP) is 2.39. The van der Waals surface area contributed by atoms with Gasteiger partial charge < -0.3 is 10.1 Å². The normalized spacial score (nSPS) is 10.4. The number of amides is 1. The second-order valence-electron chi connectivity index (χ2n) is 5.77. The summed E-state index contributed by atoms with van der Waals surface area (Å²) >= 11 is 0. The molecule has 3 rings (SSSR count). The maximum absolute atomic E-state index is 12.5. The highest BCUT2D eigenvalue weighted by atomic mass is 16.5. The molecule has 0 radical (unpaired) electrons. The van der Waals surface area contributed by atoms with E-state index in [1.165, 1.54) is 17.8 Å². The number of hydrogen-bond donors (Lipinski definition) is 1. The van der Waals surface area contributed by atoms with Gasteiger partial charge >= 0.3 is 0 Å². The Morgan fingerprint density at radius 3 is 2.46 bits per heavy atom. The quantitative estimate of drug-likeness (QED) is 0.768. The highest BCUT2D eigenvalue weighted by Crippen LogP contribution is 2.20. The summed E-state index contributed by atoms with van der Waals surface area (Å²) < 4.78 is 6.32. The van der Waals surface area contributed by atoms with Gasteiger partial charge in [-0.2, -0.15) is 5.10 Å². The van der Waals surface area contributed by atoms with Gasteiger partial charge in [0.05, 0.1) is 12.8 Å². The van der Waals surface area contributed by atoms with Crippen molar-refractivity contribution in [2.45, 2.75) is 6.54 Å². The fourth-order valence-electron chi connectivity index (χ4n) is 2.55. The lowest BCUT2D eigenvalue weighted by Gasteiger charge is -2.09. The number of nitrogens with zero attached hydrogens (tertiary/aromatic N) is 2. The minimum Gasteiger partial charge on any atom is -0.497 e. The summed E-state index contributed by atoms with van der Waals surface area (Å²) in [4.78, 5) is 24.8. The number of carbonyl (C=O) groups is 1. The molecule has 6 nitrogen and oxygen atoms in total. The van der Waals surface area contributed by atoms with Gasteiger partial charge in [-0.25, -0.2) is 4.68 Å². The number of nitrogens with one attached hydrogen (secondary N) is 1. The van der Waals surface area contributed by atoms with Gasteiger partial charge in [0.25, 0.3) is 11.5 Å². The largest absolute Gasteiger partial charge is 0.497 e. The van der Waals surface area contributed by atoms with Crippen molar-refractivity contribution in [2.24, 2.45) is 7.05 Å². The van der Waals surface area contributed by atoms with Crippen molar-refractivity contribution >= 4 is 5.91 Å². The smallest absolute Gasteiger partial charge is 0.279 e. The standard InChI is InChI=1S/C20H19N3O3/c1-23-20(25)17(19(24)21-13-14-6-4-3-5-7-14)12-18(22-23)15-8-10-16(26-2)11-9-15/h3-12H,13H2,1-2H3,(H,21,24). The van der Waals surface area contributed by atoms with Crippen molar-refractivity contribution in [3.05, 3.63) is 82.1 Å². The first kappa shape index (κ1) is 17.4. The van der Waals surface area contributed by atoms with Crippen LogP contribution >= 0.6 is 0 Å². The van der Waals surface area contributed by atoms with Crippen molar-refractivity contribution in [1.29, 1.82) is 0 Å². The fraction of sp³-hybridized carbons (Fsp3) is 0.150. The summed E-state index contributed by atoms with van der Waals surface area (Å²) in [6.45, 7) is 0.350. The molecule has 1 amide bonds.